The largest absolute Gasteiger partial charge is 0.573 e. The highest BCUT2D eigenvalue weighted by molar-refractivity contribution is 7.91. The molecule has 0 atom stereocenters. The molecule has 2 heterocycles. The number of halogens is 3. The van der Waals surface area contributed by atoms with Crippen LogP contribution >= 0.6 is 0 Å². The van der Waals surface area contributed by atoms with Crippen LogP contribution in [0.5, 0.6) is 5.75 Å². The number of fused-ring (bicyclic) bond motifs is 1. The number of sulfone groups is 1. The lowest BCUT2D eigenvalue weighted by Gasteiger charge is -2.35. The Labute approximate surface area is 207 Å². The first kappa shape index (κ1) is 26.2. The van der Waals surface area contributed by atoms with Gasteiger partial charge in [0.2, 0.25) is 9.84 Å². The molecular formula is C25H28F3N3O4S. The van der Waals surface area contributed by atoms with Crippen LogP contribution in [0, 0.1) is 0 Å². The number of rotatable bonds is 8. The molecule has 0 radical (unpaired) electrons. The number of nitrogens with zero attached hydrogens (tertiary/aromatic N) is 2. The number of pyridine rings is 1. The summed E-state index contributed by atoms with van der Waals surface area (Å²) in [6, 6.07) is 10.3. The third kappa shape index (κ3) is 5.74. The Hall–Kier alpha value is -2.89. The van der Waals surface area contributed by atoms with Crippen molar-refractivity contribution in [3.63, 3.8) is 0 Å². The number of piperidine rings is 1. The molecule has 0 spiro atoms. The average Bonchev–Trinajstić information content (AvgIpc) is 2.86. The fourth-order valence-electron chi connectivity index (χ4n) is 4.37. The van der Waals surface area contributed by atoms with Crippen LogP contribution in [0.3, 0.4) is 0 Å². The average molecular weight is 524 g/mol. The number of hydrogen-bond acceptors (Lipinski definition) is 7. The normalized spacial score (nSPS) is 15.4. The number of ether oxygens (including phenoxy) is 2. The lowest BCUT2D eigenvalue weighted by Crippen LogP contribution is -2.38. The molecule has 0 amide bonds. The molecule has 2 aromatic carbocycles. The van der Waals surface area contributed by atoms with Crippen molar-refractivity contribution in [2.75, 3.05) is 31.1 Å². The number of hydrogen-bond donors (Lipinski definition) is 1. The minimum Gasteiger partial charge on any atom is -0.406 e. The van der Waals surface area contributed by atoms with Gasteiger partial charge in [-0.3, -0.25) is 4.98 Å². The maximum Gasteiger partial charge on any atom is 0.573 e. The van der Waals surface area contributed by atoms with Crippen molar-refractivity contribution in [1.82, 2.24) is 4.98 Å². The van der Waals surface area contributed by atoms with Gasteiger partial charge in [0.05, 0.1) is 28.8 Å². The predicted octanol–water partition coefficient (Wildman–Crippen LogP) is 4.47. The van der Waals surface area contributed by atoms with Gasteiger partial charge in [-0.05, 0) is 55.2 Å². The van der Waals surface area contributed by atoms with Crippen molar-refractivity contribution in [2.24, 2.45) is 5.73 Å². The van der Waals surface area contributed by atoms with Gasteiger partial charge in [0.15, 0.2) is 0 Å². The molecule has 194 valence electrons. The van der Waals surface area contributed by atoms with Crippen molar-refractivity contribution in [3.8, 4) is 5.75 Å². The van der Waals surface area contributed by atoms with E-state index >= 15 is 0 Å². The van der Waals surface area contributed by atoms with Gasteiger partial charge in [-0.2, -0.15) is 0 Å². The van der Waals surface area contributed by atoms with Crippen molar-refractivity contribution in [3.05, 3.63) is 54.2 Å². The summed E-state index contributed by atoms with van der Waals surface area (Å²) in [7, 11) is -4.03. The number of nitrogens with two attached hydrogens (primary N) is 1. The highest BCUT2D eigenvalue weighted by atomic mass is 32.2. The molecule has 1 fully saturated rings. The highest BCUT2D eigenvalue weighted by Gasteiger charge is 2.33. The van der Waals surface area contributed by atoms with E-state index in [4.69, 9.17) is 10.5 Å². The van der Waals surface area contributed by atoms with Crippen LogP contribution in [0.1, 0.15) is 25.3 Å². The van der Waals surface area contributed by atoms with E-state index in [0.717, 1.165) is 18.1 Å². The van der Waals surface area contributed by atoms with Crippen molar-refractivity contribution < 1.29 is 31.1 Å². The SMILES string of the molecule is CCc1ccc(S(=O)(=O)c2cnc3ccc(OC(F)(F)F)cc3c2N2CCC(OCCN)CC2)cc1. The first-order valence-electron chi connectivity index (χ1n) is 11.7. The summed E-state index contributed by atoms with van der Waals surface area (Å²) in [5.41, 5.74) is 7.18. The zero-order valence-corrected chi connectivity index (χ0v) is 20.6. The zero-order chi connectivity index (χ0) is 25.9. The van der Waals surface area contributed by atoms with E-state index in [1.54, 1.807) is 12.1 Å². The van der Waals surface area contributed by atoms with Crippen molar-refractivity contribution in [2.45, 2.75) is 48.4 Å². The molecule has 0 saturated carbocycles. The summed E-state index contributed by atoms with van der Waals surface area (Å²) in [6.45, 7) is 3.70. The number of aromatic nitrogens is 1. The molecule has 1 saturated heterocycles. The van der Waals surface area contributed by atoms with Crippen molar-refractivity contribution >= 4 is 26.4 Å². The summed E-state index contributed by atoms with van der Waals surface area (Å²) in [6.07, 6.45) is -1.64. The van der Waals surface area contributed by atoms with Crippen LogP contribution < -0.4 is 15.4 Å². The fraction of sp³-hybridized carbons (Fsp3) is 0.400. The summed E-state index contributed by atoms with van der Waals surface area (Å²) in [5.74, 6) is -0.443. The number of anilines is 1. The van der Waals surface area contributed by atoms with Gasteiger partial charge in [0.25, 0.3) is 0 Å². The van der Waals surface area contributed by atoms with Crippen LogP contribution in [0.25, 0.3) is 10.9 Å². The molecule has 2 N–H and O–H groups in total. The molecule has 4 rings (SSSR count). The Balaban J connectivity index is 1.83. The Morgan fingerprint density at radius 1 is 1.11 bits per heavy atom. The molecule has 0 aliphatic carbocycles. The van der Waals surface area contributed by atoms with Crippen LogP contribution in [0.2, 0.25) is 0 Å². The van der Waals surface area contributed by atoms with Crippen LogP contribution in [0.15, 0.2) is 58.5 Å². The van der Waals surface area contributed by atoms with E-state index in [1.165, 1.54) is 30.5 Å². The molecule has 7 nitrogen and oxygen atoms in total. The van der Waals surface area contributed by atoms with Gasteiger partial charge in [-0.15, -0.1) is 13.2 Å². The number of aryl methyl sites for hydroxylation is 1. The van der Waals surface area contributed by atoms with E-state index in [0.29, 0.717) is 50.3 Å². The molecule has 3 aromatic rings. The lowest BCUT2D eigenvalue weighted by atomic mass is 10.1. The maximum atomic E-state index is 13.7. The quantitative estimate of drug-likeness (QED) is 0.466. The van der Waals surface area contributed by atoms with Crippen LogP contribution in [-0.2, 0) is 21.0 Å². The second-order valence-electron chi connectivity index (χ2n) is 8.54. The van der Waals surface area contributed by atoms with Gasteiger partial charge < -0.3 is 20.1 Å². The van der Waals surface area contributed by atoms with Gasteiger partial charge in [-0.1, -0.05) is 19.1 Å². The summed E-state index contributed by atoms with van der Waals surface area (Å²) in [4.78, 5) is 6.17. The lowest BCUT2D eigenvalue weighted by molar-refractivity contribution is -0.274. The molecule has 0 bridgehead atoms. The van der Waals surface area contributed by atoms with Crippen LogP contribution in [-0.4, -0.2) is 52.1 Å². The monoisotopic (exact) mass is 523 g/mol. The molecular weight excluding hydrogens is 495 g/mol. The third-order valence-electron chi connectivity index (χ3n) is 6.17. The van der Waals surface area contributed by atoms with Crippen molar-refractivity contribution in [1.29, 1.82) is 0 Å². The first-order chi connectivity index (χ1) is 17.1. The molecule has 36 heavy (non-hydrogen) atoms. The minimum absolute atomic E-state index is 0.0244. The van der Waals surface area contributed by atoms with E-state index in [1.807, 2.05) is 11.8 Å². The molecule has 1 aliphatic rings. The van der Waals surface area contributed by atoms with Gasteiger partial charge >= 0.3 is 6.36 Å². The zero-order valence-electron chi connectivity index (χ0n) is 19.8. The van der Waals surface area contributed by atoms with Crippen LogP contribution in [0.4, 0.5) is 18.9 Å². The van der Waals surface area contributed by atoms with E-state index < -0.39 is 21.9 Å². The fourth-order valence-corrected chi connectivity index (χ4v) is 5.80. The Morgan fingerprint density at radius 2 is 1.81 bits per heavy atom. The summed E-state index contributed by atoms with van der Waals surface area (Å²) < 4.78 is 76.1. The summed E-state index contributed by atoms with van der Waals surface area (Å²) >= 11 is 0. The van der Waals surface area contributed by atoms with Gasteiger partial charge in [0.1, 0.15) is 10.6 Å². The smallest absolute Gasteiger partial charge is 0.406 e. The predicted molar refractivity (Wildman–Crippen MR) is 130 cm³/mol. The first-order valence-corrected chi connectivity index (χ1v) is 13.2. The Kier molecular flexibility index (Phi) is 7.72. The van der Waals surface area contributed by atoms with E-state index in [-0.39, 0.29) is 21.3 Å². The topological polar surface area (TPSA) is 94.8 Å². The standard InChI is InChI=1S/C25H28F3N3O4S/c1-2-17-3-6-20(7-4-17)36(32,33)23-16-30-22-8-5-19(35-25(26,27)28)15-21(22)24(23)31-12-9-18(10-13-31)34-14-11-29/h3-8,15-16,18H,2,9-14,29H2,1H3. The second kappa shape index (κ2) is 10.6. The van der Waals surface area contributed by atoms with Gasteiger partial charge in [-0.25, -0.2) is 8.42 Å². The molecule has 0 unspecified atom stereocenters. The second-order valence-corrected chi connectivity index (χ2v) is 10.5. The Bertz CT molecular complexity index is 1310. The number of alkyl halides is 3. The maximum absolute atomic E-state index is 13.7. The third-order valence-corrected chi connectivity index (χ3v) is 7.94. The van der Waals surface area contributed by atoms with E-state index in [9.17, 15) is 21.6 Å². The highest BCUT2D eigenvalue weighted by Crippen LogP contribution is 2.39. The minimum atomic E-state index is -4.88. The van der Waals surface area contributed by atoms with Gasteiger partial charge in [0, 0.05) is 31.2 Å². The molecule has 1 aromatic heterocycles. The Morgan fingerprint density at radius 3 is 2.42 bits per heavy atom. The molecule has 1 aliphatic heterocycles. The summed E-state index contributed by atoms with van der Waals surface area (Å²) in [5, 5.41) is 0.268. The molecule has 11 heteroatoms. The number of benzene rings is 2. The van der Waals surface area contributed by atoms with E-state index in [2.05, 4.69) is 9.72 Å².